The lowest BCUT2D eigenvalue weighted by Crippen LogP contribution is -1.86. The van der Waals surface area contributed by atoms with Gasteiger partial charge in [0.15, 0.2) is 0 Å². The lowest BCUT2D eigenvalue weighted by Gasteiger charge is -2.01. The van der Waals surface area contributed by atoms with Gasteiger partial charge in [-0.05, 0) is 38.0 Å². The third kappa shape index (κ3) is 1.96. The van der Waals surface area contributed by atoms with Crippen LogP contribution in [-0.4, -0.2) is 16.1 Å². The normalized spacial score (nSPS) is 11.5. The summed E-state index contributed by atoms with van der Waals surface area (Å²) in [5, 5.41) is 9.75. The summed E-state index contributed by atoms with van der Waals surface area (Å²) >= 11 is 0. The maximum absolute atomic E-state index is 10.6. The molecule has 0 radical (unpaired) electrons. The van der Waals surface area contributed by atoms with Gasteiger partial charge in [-0.2, -0.15) is 0 Å². The Hall–Kier alpha value is -2.03. The fourth-order valence-corrected chi connectivity index (χ4v) is 2.03. The number of aromatic amines is 1. The van der Waals surface area contributed by atoms with Gasteiger partial charge in [0.25, 0.3) is 0 Å². The molecule has 2 N–H and O–H groups in total. The van der Waals surface area contributed by atoms with E-state index >= 15 is 0 Å². The molecule has 0 aliphatic rings. The summed E-state index contributed by atoms with van der Waals surface area (Å²) in [5.74, 6) is -0.928. The Morgan fingerprint density at radius 3 is 2.65 bits per heavy atom. The Kier molecular flexibility index (Phi) is 2.76. The summed E-state index contributed by atoms with van der Waals surface area (Å²) in [7, 11) is 0. The number of nitrogens with one attached hydrogen (secondary N) is 1. The number of aliphatic carboxylic acids is 1. The van der Waals surface area contributed by atoms with Crippen LogP contribution < -0.4 is 0 Å². The molecule has 88 valence electrons. The maximum Gasteiger partial charge on any atom is 0.328 e. The van der Waals surface area contributed by atoms with Crippen LogP contribution in [0.5, 0.6) is 0 Å². The molecule has 0 fully saturated rings. The third-order valence-electron chi connectivity index (χ3n) is 3.14. The van der Waals surface area contributed by atoms with Crippen molar-refractivity contribution in [2.24, 2.45) is 0 Å². The molecule has 1 heterocycles. The van der Waals surface area contributed by atoms with E-state index in [0.717, 1.165) is 22.2 Å². The van der Waals surface area contributed by atoms with Gasteiger partial charge in [-0.1, -0.05) is 12.1 Å². The molecule has 1 aromatic heterocycles. The van der Waals surface area contributed by atoms with E-state index in [0.29, 0.717) is 0 Å². The standard InChI is InChI=1S/C14H15NO2/c1-8-4-5-12-11(6-7-13(16)17)10(3)15-14(12)9(8)2/h4-7,15H,1-3H3,(H,16,17)/b7-6+. The predicted octanol–water partition coefficient (Wildman–Crippen LogP) is 3.19. The van der Waals surface area contributed by atoms with E-state index in [1.165, 1.54) is 17.2 Å². The molecular formula is C14H15NO2. The number of aryl methyl sites for hydroxylation is 3. The van der Waals surface area contributed by atoms with E-state index in [2.05, 4.69) is 24.9 Å². The van der Waals surface area contributed by atoms with Crippen molar-refractivity contribution >= 4 is 22.9 Å². The highest BCUT2D eigenvalue weighted by Gasteiger charge is 2.09. The molecule has 1 aromatic carbocycles. The molecule has 0 atom stereocenters. The van der Waals surface area contributed by atoms with E-state index < -0.39 is 5.97 Å². The van der Waals surface area contributed by atoms with Gasteiger partial charge in [0.05, 0.1) is 0 Å². The van der Waals surface area contributed by atoms with E-state index in [1.54, 1.807) is 6.08 Å². The molecule has 0 bridgehead atoms. The second-order valence-corrected chi connectivity index (χ2v) is 4.27. The highest BCUT2D eigenvalue weighted by atomic mass is 16.4. The molecule has 17 heavy (non-hydrogen) atoms. The summed E-state index contributed by atoms with van der Waals surface area (Å²) in [5.41, 5.74) is 5.47. The van der Waals surface area contributed by atoms with Crippen molar-refractivity contribution in [2.75, 3.05) is 0 Å². The predicted molar refractivity (Wildman–Crippen MR) is 69.2 cm³/mol. The van der Waals surface area contributed by atoms with Crippen LogP contribution in [-0.2, 0) is 4.79 Å². The lowest BCUT2D eigenvalue weighted by molar-refractivity contribution is -0.131. The minimum absolute atomic E-state index is 0.928. The number of aromatic nitrogens is 1. The van der Waals surface area contributed by atoms with Crippen molar-refractivity contribution in [1.29, 1.82) is 0 Å². The number of rotatable bonds is 2. The number of hydrogen-bond acceptors (Lipinski definition) is 1. The number of benzene rings is 1. The second kappa shape index (κ2) is 4.09. The molecule has 2 rings (SSSR count). The quantitative estimate of drug-likeness (QED) is 0.777. The number of carbonyl (C=O) groups is 1. The highest BCUT2D eigenvalue weighted by molar-refractivity contribution is 5.96. The molecule has 0 saturated carbocycles. The zero-order chi connectivity index (χ0) is 12.6. The van der Waals surface area contributed by atoms with E-state index in [4.69, 9.17) is 5.11 Å². The van der Waals surface area contributed by atoms with Gasteiger partial charge in [-0.15, -0.1) is 0 Å². The van der Waals surface area contributed by atoms with Crippen LogP contribution in [0.4, 0.5) is 0 Å². The first-order valence-corrected chi connectivity index (χ1v) is 5.50. The summed E-state index contributed by atoms with van der Waals surface area (Å²) < 4.78 is 0. The Labute approximate surface area is 99.8 Å². The van der Waals surface area contributed by atoms with Crippen LogP contribution in [0.1, 0.15) is 22.4 Å². The van der Waals surface area contributed by atoms with E-state index in [-0.39, 0.29) is 0 Å². The number of carboxylic acid groups (broad SMARTS) is 1. The molecule has 3 heteroatoms. The fraction of sp³-hybridized carbons (Fsp3) is 0.214. The van der Waals surface area contributed by atoms with Crippen molar-refractivity contribution in [3.8, 4) is 0 Å². The van der Waals surface area contributed by atoms with Crippen LogP contribution in [0.3, 0.4) is 0 Å². The largest absolute Gasteiger partial charge is 0.478 e. The van der Waals surface area contributed by atoms with Crippen molar-refractivity contribution in [1.82, 2.24) is 4.98 Å². The van der Waals surface area contributed by atoms with Crippen LogP contribution in [0.25, 0.3) is 17.0 Å². The number of H-pyrrole nitrogens is 1. The first-order chi connectivity index (χ1) is 8.00. The summed E-state index contributed by atoms with van der Waals surface area (Å²) in [6.45, 7) is 6.09. The second-order valence-electron chi connectivity index (χ2n) is 4.27. The molecule has 0 unspecified atom stereocenters. The number of carboxylic acids is 1. The molecule has 2 aromatic rings. The van der Waals surface area contributed by atoms with Gasteiger partial charge < -0.3 is 10.1 Å². The highest BCUT2D eigenvalue weighted by Crippen LogP contribution is 2.27. The molecule has 3 nitrogen and oxygen atoms in total. The zero-order valence-electron chi connectivity index (χ0n) is 10.2. The fourth-order valence-electron chi connectivity index (χ4n) is 2.03. The van der Waals surface area contributed by atoms with Gasteiger partial charge in [-0.3, -0.25) is 0 Å². The van der Waals surface area contributed by atoms with Crippen molar-refractivity contribution in [2.45, 2.75) is 20.8 Å². The smallest absolute Gasteiger partial charge is 0.328 e. The van der Waals surface area contributed by atoms with E-state index in [9.17, 15) is 4.79 Å². The van der Waals surface area contributed by atoms with Crippen molar-refractivity contribution in [3.05, 3.63) is 40.6 Å². The first kappa shape index (κ1) is 11.5. The topological polar surface area (TPSA) is 53.1 Å². The lowest BCUT2D eigenvalue weighted by atomic mass is 10.0. The third-order valence-corrected chi connectivity index (χ3v) is 3.14. The van der Waals surface area contributed by atoms with E-state index in [1.807, 2.05) is 13.0 Å². The SMILES string of the molecule is Cc1ccc2c(/C=C/C(=O)O)c(C)[nH]c2c1C. The van der Waals surface area contributed by atoms with Crippen LogP contribution in [0, 0.1) is 20.8 Å². The first-order valence-electron chi connectivity index (χ1n) is 5.50. The van der Waals surface area contributed by atoms with Gasteiger partial charge in [0.2, 0.25) is 0 Å². The number of fused-ring (bicyclic) bond motifs is 1. The van der Waals surface area contributed by atoms with Gasteiger partial charge in [0.1, 0.15) is 0 Å². The Bertz CT molecular complexity index is 621. The summed E-state index contributed by atoms with van der Waals surface area (Å²) in [6, 6.07) is 4.09. The Balaban J connectivity index is 2.69. The van der Waals surface area contributed by atoms with Crippen molar-refractivity contribution < 1.29 is 9.90 Å². The van der Waals surface area contributed by atoms with Gasteiger partial charge in [-0.25, -0.2) is 4.79 Å². The van der Waals surface area contributed by atoms with Crippen LogP contribution in [0.15, 0.2) is 18.2 Å². The van der Waals surface area contributed by atoms with Crippen LogP contribution >= 0.6 is 0 Å². The average molecular weight is 229 g/mol. The zero-order valence-corrected chi connectivity index (χ0v) is 10.2. The number of hydrogen-bond donors (Lipinski definition) is 2. The van der Waals surface area contributed by atoms with Gasteiger partial charge >= 0.3 is 5.97 Å². The minimum Gasteiger partial charge on any atom is -0.478 e. The molecule has 0 spiro atoms. The van der Waals surface area contributed by atoms with Gasteiger partial charge in [0, 0.05) is 28.2 Å². The molecule has 0 aliphatic carbocycles. The Morgan fingerprint density at radius 2 is 2.00 bits per heavy atom. The molecule has 0 saturated heterocycles. The average Bonchev–Trinajstić information content (AvgIpc) is 2.58. The maximum atomic E-state index is 10.6. The molecule has 0 amide bonds. The molecular weight excluding hydrogens is 214 g/mol. The summed E-state index contributed by atoms with van der Waals surface area (Å²) in [6.07, 6.45) is 2.82. The molecule has 0 aliphatic heterocycles. The Morgan fingerprint density at radius 1 is 1.29 bits per heavy atom. The van der Waals surface area contributed by atoms with Crippen molar-refractivity contribution in [3.63, 3.8) is 0 Å². The monoisotopic (exact) mass is 229 g/mol. The minimum atomic E-state index is -0.928. The van der Waals surface area contributed by atoms with Crippen LogP contribution in [0.2, 0.25) is 0 Å². The summed E-state index contributed by atoms with van der Waals surface area (Å²) in [4.78, 5) is 13.9.